The first-order valence-electron chi connectivity index (χ1n) is 7.74. The van der Waals surface area contributed by atoms with Gasteiger partial charge in [0, 0.05) is 25.7 Å². The standard InChI is InChI=1S/C15H28N4O2/c1-6-19-15(12(20-5)9-17-19)14(16-4)13-10-18(11(2)3)7-8-21-13/h9,11,13-14,16H,6-8,10H2,1-5H3. The third kappa shape index (κ3) is 3.39. The molecule has 1 aromatic rings. The van der Waals surface area contributed by atoms with E-state index in [1.165, 1.54) is 0 Å². The summed E-state index contributed by atoms with van der Waals surface area (Å²) in [6, 6.07) is 0.607. The fourth-order valence-corrected chi connectivity index (χ4v) is 2.97. The summed E-state index contributed by atoms with van der Waals surface area (Å²) < 4.78 is 13.5. The summed E-state index contributed by atoms with van der Waals surface area (Å²) in [7, 11) is 3.66. The van der Waals surface area contributed by atoms with Gasteiger partial charge in [0.1, 0.15) is 0 Å². The number of aromatic nitrogens is 2. The number of hydrogen-bond donors (Lipinski definition) is 1. The lowest BCUT2D eigenvalue weighted by Crippen LogP contribution is -2.50. The molecule has 2 rings (SSSR count). The highest BCUT2D eigenvalue weighted by Gasteiger charge is 2.33. The van der Waals surface area contributed by atoms with Crippen molar-refractivity contribution in [3.63, 3.8) is 0 Å². The summed E-state index contributed by atoms with van der Waals surface area (Å²) in [5.41, 5.74) is 1.07. The predicted molar refractivity (Wildman–Crippen MR) is 82.7 cm³/mol. The molecule has 0 aromatic carbocycles. The maximum atomic E-state index is 6.03. The number of morpholine rings is 1. The maximum absolute atomic E-state index is 6.03. The van der Waals surface area contributed by atoms with Crippen LogP contribution in [0.3, 0.4) is 0 Å². The molecule has 1 aliphatic heterocycles. The van der Waals surface area contributed by atoms with E-state index in [2.05, 4.69) is 36.1 Å². The monoisotopic (exact) mass is 296 g/mol. The topological polar surface area (TPSA) is 51.5 Å². The van der Waals surface area contributed by atoms with Gasteiger partial charge in [0.2, 0.25) is 0 Å². The van der Waals surface area contributed by atoms with Crippen LogP contribution in [0.4, 0.5) is 0 Å². The van der Waals surface area contributed by atoms with Gasteiger partial charge in [0.25, 0.3) is 0 Å². The number of nitrogens with one attached hydrogen (secondary N) is 1. The molecule has 1 saturated heterocycles. The fourth-order valence-electron chi connectivity index (χ4n) is 2.97. The minimum atomic E-state index is 0.0731. The molecule has 0 radical (unpaired) electrons. The van der Waals surface area contributed by atoms with Crippen LogP contribution >= 0.6 is 0 Å². The average molecular weight is 296 g/mol. The SMILES string of the molecule is CCn1ncc(OC)c1C(NC)C1CN(C(C)C)CCO1. The lowest BCUT2D eigenvalue weighted by Gasteiger charge is -2.39. The Morgan fingerprint density at radius 1 is 1.52 bits per heavy atom. The number of likely N-dealkylation sites (N-methyl/N-ethyl adjacent to an activating group) is 1. The van der Waals surface area contributed by atoms with E-state index in [0.29, 0.717) is 6.04 Å². The lowest BCUT2D eigenvalue weighted by atomic mass is 10.0. The molecule has 6 nitrogen and oxygen atoms in total. The summed E-state index contributed by atoms with van der Waals surface area (Å²) in [5, 5.41) is 7.80. The summed E-state index contributed by atoms with van der Waals surface area (Å²) in [4.78, 5) is 2.46. The quantitative estimate of drug-likeness (QED) is 0.857. The number of hydrogen-bond acceptors (Lipinski definition) is 5. The number of methoxy groups -OCH3 is 1. The second kappa shape index (κ2) is 7.24. The third-order valence-electron chi connectivity index (χ3n) is 4.20. The van der Waals surface area contributed by atoms with E-state index in [1.807, 2.05) is 11.7 Å². The minimum absolute atomic E-state index is 0.0731. The Hall–Kier alpha value is -1.11. The largest absolute Gasteiger partial charge is 0.493 e. The Morgan fingerprint density at radius 3 is 2.86 bits per heavy atom. The molecule has 1 aliphatic rings. The van der Waals surface area contributed by atoms with E-state index in [-0.39, 0.29) is 12.1 Å². The normalized spacial score (nSPS) is 21.7. The first kappa shape index (κ1) is 16.3. The Bertz CT molecular complexity index is 425. The molecule has 120 valence electrons. The van der Waals surface area contributed by atoms with E-state index in [0.717, 1.165) is 37.7 Å². The molecular weight excluding hydrogens is 268 g/mol. The van der Waals surface area contributed by atoms with Gasteiger partial charge < -0.3 is 14.8 Å². The van der Waals surface area contributed by atoms with Crippen molar-refractivity contribution >= 4 is 0 Å². The molecule has 0 bridgehead atoms. The highest BCUT2D eigenvalue weighted by Crippen LogP contribution is 2.30. The Kier molecular flexibility index (Phi) is 5.61. The smallest absolute Gasteiger partial charge is 0.161 e. The van der Waals surface area contributed by atoms with E-state index in [1.54, 1.807) is 13.3 Å². The van der Waals surface area contributed by atoms with Gasteiger partial charge in [-0.3, -0.25) is 9.58 Å². The molecule has 1 N–H and O–H groups in total. The van der Waals surface area contributed by atoms with Crippen LogP contribution in [0, 0.1) is 0 Å². The van der Waals surface area contributed by atoms with Crippen LogP contribution in [0.25, 0.3) is 0 Å². The summed E-state index contributed by atoms with van der Waals surface area (Å²) in [6.45, 7) is 10.0. The van der Waals surface area contributed by atoms with E-state index in [4.69, 9.17) is 9.47 Å². The van der Waals surface area contributed by atoms with E-state index >= 15 is 0 Å². The maximum Gasteiger partial charge on any atom is 0.161 e. The van der Waals surface area contributed by atoms with Crippen LogP contribution in [0.2, 0.25) is 0 Å². The minimum Gasteiger partial charge on any atom is -0.493 e. The van der Waals surface area contributed by atoms with Crippen molar-refractivity contribution in [2.75, 3.05) is 33.9 Å². The number of aryl methyl sites for hydroxylation is 1. The number of nitrogens with zero attached hydrogens (tertiary/aromatic N) is 3. The van der Waals surface area contributed by atoms with Crippen molar-refractivity contribution < 1.29 is 9.47 Å². The molecule has 2 atom stereocenters. The van der Waals surface area contributed by atoms with Gasteiger partial charge >= 0.3 is 0 Å². The molecule has 0 aliphatic carbocycles. The highest BCUT2D eigenvalue weighted by molar-refractivity contribution is 5.29. The molecular formula is C15H28N4O2. The van der Waals surface area contributed by atoms with E-state index in [9.17, 15) is 0 Å². The highest BCUT2D eigenvalue weighted by atomic mass is 16.5. The van der Waals surface area contributed by atoms with E-state index < -0.39 is 0 Å². The zero-order valence-corrected chi connectivity index (χ0v) is 13.8. The predicted octanol–water partition coefficient (Wildman–Crippen LogP) is 1.28. The van der Waals surface area contributed by atoms with Crippen LogP contribution in [0.1, 0.15) is 32.5 Å². The average Bonchev–Trinajstić information content (AvgIpc) is 2.91. The summed E-state index contributed by atoms with van der Waals surface area (Å²) >= 11 is 0. The Balaban J connectivity index is 2.24. The van der Waals surface area contributed by atoms with Crippen LogP contribution in [-0.2, 0) is 11.3 Å². The lowest BCUT2D eigenvalue weighted by molar-refractivity contribution is -0.0565. The van der Waals surface area contributed by atoms with Crippen LogP contribution in [0.5, 0.6) is 5.75 Å². The molecule has 0 amide bonds. The van der Waals surface area contributed by atoms with Crippen LogP contribution in [0.15, 0.2) is 6.20 Å². The van der Waals surface area contributed by atoms with Crippen LogP contribution in [-0.4, -0.2) is 60.7 Å². The van der Waals surface area contributed by atoms with Gasteiger partial charge in [0.15, 0.2) is 5.75 Å². The van der Waals surface area contributed by atoms with Crippen molar-refractivity contribution in [3.8, 4) is 5.75 Å². The summed E-state index contributed by atoms with van der Waals surface area (Å²) in [6.07, 6.45) is 1.88. The zero-order valence-electron chi connectivity index (χ0n) is 13.8. The van der Waals surface area contributed by atoms with Gasteiger partial charge in [-0.15, -0.1) is 0 Å². The van der Waals surface area contributed by atoms with Gasteiger partial charge in [-0.25, -0.2) is 0 Å². The van der Waals surface area contributed by atoms with Crippen LogP contribution < -0.4 is 10.1 Å². The van der Waals surface area contributed by atoms with Crippen molar-refractivity contribution in [3.05, 3.63) is 11.9 Å². The number of rotatable bonds is 6. The molecule has 1 aromatic heterocycles. The molecule has 21 heavy (non-hydrogen) atoms. The number of ether oxygens (including phenoxy) is 2. The Labute approximate surface area is 127 Å². The van der Waals surface area contributed by atoms with Crippen molar-refractivity contribution in [2.24, 2.45) is 0 Å². The molecule has 2 heterocycles. The summed E-state index contributed by atoms with van der Waals surface area (Å²) in [5.74, 6) is 0.821. The van der Waals surface area contributed by atoms with Crippen molar-refractivity contribution in [1.29, 1.82) is 0 Å². The molecule has 6 heteroatoms. The second-order valence-corrected chi connectivity index (χ2v) is 5.68. The van der Waals surface area contributed by atoms with Gasteiger partial charge in [-0.2, -0.15) is 5.10 Å². The first-order valence-corrected chi connectivity index (χ1v) is 7.74. The first-order chi connectivity index (χ1) is 10.1. The van der Waals surface area contributed by atoms with Gasteiger partial charge in [-0.1, -0.05) is 0 Å². The molecule has 0 saturated carbocycles. The molecule has 1 fully saturated rings. The second-order valence-electron chi connectivity index (χ2n) is 5.68. The molecule has 0 spiro atoms. The van der Waals surface area contributed by atoms with Crippen molar-refractivity contribution in [1.82, 2.24) is 20.0 Å². The van der Waals surface area contributed by atoms with Crippen molar-refractivity contribution in [2.45, 2.75) is 45.5 Å². The van der Waals surface area contributed by atoms with Gasteiger partial charge in [-0.05, 0) is 27.8 Å². The third-order valence-corrected chi connectivity index (χ3v) is 4.20. The van der Waals surface area contributed by atoms with Gasteiger partial charge in [0.05, 0.1) is 37.8 Å². The Morgan fingerprint density at radius 2 is 2.29 bits per heavy atom. The molecule has 2 unspecified atom stereocenters. The fraction of sp³-hybridized carbons (Fsp3) is 0.800. The zero-order chi connectivity index (χ0) is 15.4.